The lowest BCUT2D eigenvalue weighted by molar-refractivity contribution is 0.408. The minimum Gasteiger partial charge on any atom is -0.506 e. The summed E-state index contributed by atoms with van der Waals surface area (Å²) in [6.45, 7) is 1.36. The molecule has 5 heteroatoms. The molecule has 0 bridgehead atoms. The molecule has 82 valence electrons. The first-order valence-corrected chi connectivity index (χ1v) is 5.09. The molecule has 2 rings (SSSR count). The fourth-order valence-corrected chi connectivity index (χ4v) is 2.10. The van der Waals surface area contributed by atoms with Crippen LogP contribution in [-0.4, -0.2) is 23.3 Å². The van der Waals surface area contributed by atoms with Crippen LogP contribution in [0.3, 0.4) is 0 Å². The monoisotopic (exact) mass is 231 g/mol. The van der Waals surface area contributed by atoms with Gasteiger partial charge in [0.05, 0.1) is 5.02 Å². The minimum absolute atomic E-state index is 0.0178. The van der Waals surface area contributed by atoms with E-state index in [1.165, 1.54) is 0 Å². The van der Waals surface area contributed by atoms with E-state index in [9.17, 15) is 14.6 Å². The van der Waals surface area contributed by atoms with E-state index in [-0.39, 0.29) is 22.3 Å². The van der Waals surface area contributed by atoms with E-state index in [1.807, 2.05) is 0 Å². The van der Waals surface area contributed by atoms with Crippen molar-refractivity contribution in [2.24, 2.45) is 0 Å². The Morgan fingerprint density at radius 3 is 2.80 bits per heavy atom. The van der Waals surface area contributed by atoms with Crippen LogP contribution in [0.1, 0.15) is 17.9 Å². The fraction of sp³-hybridized carbons (Fsp3) is 0.400. The molecule has 3 nitrogen and oxygen atoms in total. The summed E-state index contributed by atoms with van der Waals surface area (Å²) in [5, 5.41) is 22.0. The highest BCUT2D eigenvalue weighted by molar-refractivity contribution is 6.32. The Kier molecular flexibility index (Phi) is 2.71. The van der Waals surface area contributed by atoms with Crippen LogP contribution in [0.15, 0.2) is 6.07 Å². The summed E-state index contributed by atoms with van der Waals surface area (Å²) in [7, 11) is 0. The van der Waals surface area contributed by atoms with Crippen molar-refractivity contribution in [2.75, 3.05) is 13.1 Å². The Balaban J connectivity index is 2.52. The first kappa shape index (κ1) is 10.5. The van der Waals surface area contributed by atoms with Crippen molar-refractivity contribution < 1.29 is 14.6 Å². The zero-order valence-corrected chi connectivity index (χ0v) is 8.68. The summed E-state index contributed by atoms with van der Waals surface area (Å²) in [5.41, 5.74) is 0.116. The number of phenols is 2. The van der Waals surface area contributed by atoms with E-state index in [1.54, 1.807) is 0 Å². The van der Waals surface area contributed by atoms with Crippen LogP contribution in [0.4, 0.5) is 4.39 Å². The van der Waals surface area contributed by atoms with Crippen LogP contribution < -0.4 is 5.32 Å². The van der Waals surface area contributed by atoms with Gasteiger partial charge in [-0.05, 0) is 13.0 Å². The molecule has 0 aliphatic carbocycles. The smallest absolute Gasteiger partial charge is 0.172 e. The van der Waals surface area contributed by atoms with E-state index >= 15 is 0 Å². The van der Waals surface area contributed by atoms with Crippen molar-refractivity contribution in [1.29, 1.82) is 0 Å². The maximum absolute atomic E-state index is 13.6. The summed E-state index contributed by atoms with van der Waals surface area (Å²) < 4.78 is 13.6. The first-order chi connectivity index (χ1) is 7.11. The number of nitrogens with one attached hydrogen (secondary N) is 1. The molecule has 1 unspecified atom stereocenters. The minimum atomic E-state index is -0.773. The Labute approximate surface area is 91.5 Å². The molecular formula is C10H11ClFNO2. The Hall–Kier alpha value is -1.00. The number of hydrogen-bond acceptors (Lipinski definition) is 3. The van der Waals surface area contributed by atoms with Gasteiger partial charge >= 0.3 is 0 Å². The number of rotatable bonds is 1. The summed E-state index contributed by atoms with van der Waals surface area (Å²) in [4.78, 5) is 0. The van der Waals surface area contributed by atoms with Crippen LogP contribution in [0.25, 0.3) is 0 Å². The number of phenolic OH excluding ortho intramolecular Hbond substituents is 2. The topological polar surface area (TPSA) is 52.5 Å². The Morgan fingerprint density at radius 2 is 2.20 bits per heavy atom. The van der Waals surface area contributed by atoms with Gasteiger partial charge in [0.15, 0.2) is 11.6 Å². The van der Waals surface area contributed by atoms with Crippen molar-refractivity contribution in [3.63, 3.8) is 0 Å². The van der Waals surface area contributed by atoms with E-state index in [2.05, 4.69) is 5.32 Å². The lowest BCUT2D eigenvalue weighted by Gasteiger charge is -2.14. The van der Waals surface area contributed by atoms with Gasteiger partial charge in [-0.2, -0.15) is 0 Å². The van der Waals surface area contributed by atoms with Gasteiger partial charge in [0, 0.05) is 24.1 Å². The zero-order chi connectivity index (χ0) is 11.0. The van der Waals surface area contributed by atoms with Crippen LogP contribution in [0.5, 0.6) is 11.5 Å². The third-order valence-corrected chi connectivity index (χ3v) is 2.96. The lowest BCUT2D eigenvalue weighted by Crippen LogP contribution is -2.09. The van der Waals surface area contributed by atoms with Crippen molar-refractivity contribution in [1.82, 2.24) is 5.32 Å². The van der Waals surface area contributed by atoms with Gasteiger partial charge in [-0.15, -0.1) is 0 Å². The Bertz CT molecular complexity index is 365. The van der Waals surface area contributed by atoms with Gasteiger partial charge in [-0.25, -0.2) is 4.39 Å². The predicted octanol–water partition coefficient (Wildman–Crippen LogP) is 1.97. The molecule has 1 aliphatic rings. The van der Waals surface area contributed by atoms with E-state index in [4.69, 9.17) is 11.6 Å². The van der Waals surface area contributed by atoms with Gasteiger partial charge in [0.25, 0.3) is 0 Å². The lowest BCUT2D eigenvalue weighted by atomic mass is 9.96. The normalized spacial score (nSPS) is 20.8. The number of hydrogen-bond donors (Lipinski definition) is 3. The van der Waals surface area contributed by atoms with Crippen molar-refractivity contribution in [3.05, 3.63) is 22.5 Å². The third kappa shape index (κ3) is 1.75. The average molecular weight is 232 g/mol. The van der Waals surface area contributed by atoms with Crippen LogP contribution in [0.2, 0.25) is 5.02 Å². The molecule has 1 atom stereocenters. The molecule has 15 heavy (non-hydrogen) atoms. The van der Waals surface area contributed by atoms with Crippen molar-refractivity contribution >= 4 is 11.6 Å². The summed E-state index contributed by atoms with van der Waals surface area (Å²) in [5.74, 6) is -1.68. The van der Waals surface area contributed by atoms with Crippen molar-refractivity contribution in [3.8, 4) is 11.5 Å². The maximum atomic E-state index is 13.6. The molecule has 0 spiro atoms. The van der Waals surface area contributed by atoms with Gasteiger partial charge in [0.2, 0.25) is 0 Å². The zero-order valence-electron chi connectivity index (χ0n) is 7.93. The number of aromatic hydroxyl groups is 2. The van der Waals surface area contributed by atoms with Gasteiger partial charge < -0.3 is 15.5 Å². The maximum Gasteiger partial charge on any atom is 0.172 e. The van der Waals surface area contributed by atoms with Gasteiger partial charge in [-0.1, -0.05) is 11.6 Å². The SMILES string of the molecule is Oc1cc(Cl)c(O)c(C2CCNC2)c1F. The standard InChI is InChI=1S/C10H11ClFNO2/c11-6-3-7(14)9(12)8(10(6)15)5-1-2-13-4-5/h3,5,13-15H,1-2,4H2. The number of benzene rings is 1. The highest BCUT2D eigenvalue weighted by atomic mass is 35.5. The molecule has 1 heterocycles. The first-order valence-electron chi connectivity index (χ1n) is 4.71. The van der Waals surface area contributed by atoms with E-state index in [0.717, 1.165) is 19.0 Å². The fourth-order valence-electron chi connectivity index (χ4n) is 1.90. The van der Waals surface area contributed by atoms with E-state index in [0.29, 0.717) is 6.54 Å². The molecule has 1 fully saturated rings. The second-order valence-corrected chi connectivity index (χ2v) is 4.05. The Morgan fingerprint density at radius 1 is 1.47 bits per heavy atom. The second kappa shape index (κ2) is 3.87. The molecule has 1 saturated heterocycles. The summed E-state index contributed by atoms with van der Waals surface area (Å²) >= 11 is 5.67. The molecular weight excluding hydrogens is 221 g/mol. The van der Waals surface area contributed by atoms with Gasteiger partial charge in [0.1, 0.15) is 5.75 Å². The molecule has 1 aliphatic heterocycles. The summed E-state index contributed by atoms with van der Waals surface area (Å²) in [6, 6.07) is 1.01. The van der Waals surface area contributed by atoms with E-state index < -0.39 is 11.6 Å². The molecule has 1 aromatic rings. The molecule has 1 aromatic carbocycles. The quantitative estimate of drug-likeness (QED) is 0.648. The predicted molar refractivity (Wildman–Crippen MR) is 55.0 cm³/mol. The molecule has 0 radical (unpaired) electrons. The van der Waals surface area contributed by atoms with Crippen LogP contribution in [-0.2, 0) is 0 Å². The van der Waals surface area contributed by atoms with Gasteiger partial charge in [-0.3, -0.25) is 0 Å². The number of halogens is 2. The van der Waals surface area contributed by atoms with Crippen LogP contribution >= 0.6 is 11.6 Å². The largest absolute Gasteiger partial charge is 0.506 e. The average Bonchev–Trinajstić information content (AvgIpc) is 2.69. The van der Waals surface area contributed by atoms with Crippen molar-refractivity contribution in [2.45, 2.75) is 12.3 Å². The molecule has 0 amide bonds. The summed E-state index contributed by atoms with van der Waals surface area (Å²) in [6.07, 6.45) is 0.726. The second-order valence-electron chi connectivity index (χ2n) is 3.64. The highest BCUT2D eigenvalue weighted by Gasteiger charge is 2.26. The molecule has 3 N–H and O–H groups in total. The van der Waals surface area contributed by atoms with Crippen LogP contribution in [0, 0.1) is 5.82 Å². The molecule has 0 aromatic heterocycles. The highest BCUT2D eigenvalue weighted by Crippen LogP contribution is 2.40. The molecule has 0 saturated carbocycles. The third-order valence-electron chi connectivity index (χ3n) is 2.67.